The maximum atomic E-state index is 6.02. The number of likely N-dealkylation sites (tertiary alicyclic amines) is 1. The van der Waals surface area contributed by atoms with E-state index in [-0.39, 0.29) is 6.04 Å². The second-order valence-corrected chi connectivity index (χ2v) is 6.67. The highest BCUT2D eigenvalue weighted by Crippen LogP contribution is 2.21. The minimum absolute atomic E-state index is 0.285. The zero-order valence-electron chi connectivity index (χ0n) is 13.9. The fourth-order valence-electron chi connectivity index (χ4n) is 3.07. The van der Waals surface area contributed by atoms with Gasteiger partial charge < -0.3 is 15.5 Å². The maximum Gasteiger partial charge on any atom is 0.0363 e. The molecule has 0 saturated carbocycles. The van der Waals surface area contributed by atoms with Crippen LogP contribution in [0.5, 0.6) is 0 Å². The number of nitrogens with zero attached hydrogens (tertiary/aromatic N) is 2. The maximum absolute atomic E-state index is 6.02. The van der Waals surface area contributed by atoms with Crippen molar-refractivity contribution in [1.82, 2.24) is 4.90 Å². The van der Waals surface area contributed by atoms with Gasteiger partial charge in [0.2, 0.25) is 0 Å². The van der Waals surface area contributed by atoms with E-state index >= 15 is 0 Å². The number of rotatable bonds is 6. The SMILES string of the molecule is CCC(N)Cc1ccc(N(C)CC2CCN(C)CC2)cc1. The molecule has 0 aliphatic carbocycles. The highest BCUT2D eigenvalue weighted by Gasteiger charge is 2.18. The Bertz CT molecular complexity index is 407. The van der Waals surface area contributed by atoms with E-state index in [1.165, 1.54) is 43.7 Å². The summed E-state index contributed by atoms with van der Waals surface area (Å²) in [6, 6.07) is 9.23. The molecule has 0 aromatic heterocycles. The van der Waals surface area contributed by atoms with Gasteiger partial charge in [-0.2, -0.15) is 0 Å². The predicted molar refractivity (Wildman–Crippen MR) is 91.9 cm³/mol. The van der Waals surface area contributed by atoms with Crippen LogP contribution in [0.25, 0.3) is 0 Å². The first-order valence-corrected chi connectivity index (χ1v) is 8.32. The minimum Gasteiger partial charge on any atom is -0.374 e. The summed E-state index contributed by atoms with van der Waals surface area (Å²) >= 11 is 0. The van der Waals surface area contributed by atoms with Crippen LogP contribution in [0.1, 0.15) is 31.7 Å². The second-order valence-electron chi connectivity index (χ2n) is 6.67. The lowest BCUT2D eigenvalue weighted by Crippen LogP contribution is -2.35. The van der Waals surface area contributed by atoms with Gasteiger partial charge in [-0.15, -0.1) is 0 Å². The Hall–Kier alpha value is -1.06. The van der Waals surface area contributed by atoms with Crippen LogP contribution in [-0.2, 0) is 6.42 Å². The zero-order chi connectivity index (χ0) is 15.2. The summed E-state index contributed by atoms with van der Waals surface area (Å²) in [5.41, 5.74) is 8.69. The molecule has 0 amide bonds. The second kappa shape index (κ2) is 7.81. The summed E-state index contributed by atoms with van der Waals surface area (Å²) in [6.07, 6.45) is 4.67. The number of hydrogen-bond acceptors (Lipinski definition) is 3. The van der Waals surface area contributed by atoms with E-state index in [1.54, 1.807) is 0 Å². The van der Waals surface area contributed by atoms with Gasteiger partial charge in [0.1, 0.15) is 0 Å². The molecule has 1 saturated heterocycles. The molecule has 0 bridgehead atoms. The molecule has 1 aromatic carbocycles. The van der Waals surface area contributed by atoms with Gasteiger partial charge in [-0.1, -0.05) is 19.1 Å². The molecular weight excluding hydrogens is 258 g/mol. The standard InChI is InChI=1S/C18H31N3/c1-4-17(19)13-15-5-7-18(8-6-15)21(3)14-16-9-11-20(2)12-10-16/h5-8,16-17H,4,9-14,19H2,1-3H3. The van der Waals surface area contributed by atoms with Gasteiger partial charge in [-0.25, -0.2) is 0 Å². The summed E-state index contributed by atoms with van der Waals surface area (Å²) in [5.74, 6) is 0.833. The van der Waals surface area contributed by atoms with Crippen LogP contribution in [-0.4, -0.2) is 44.7 Å². The van der Waals surface area contributed by atoms with Crippen molar-refractivity contribution in [3.63, 3.8) is 0 Å². The minimum atomic E-state index is 0.285. The molecule has 0 radical (unpaired) electrons. The van der Waals surface area contributed by atoms with Crippen molar-refractivity contribution < 1.29 is 0 Å². The first kappa shape index (κ1) is 16.3. The molecule has 3 heteroatoms. The Morgan fingerprint density at radius 2 is 1.86 bits per heavy atom. The first-order chi connectivity index (χ1) is 10.1. The van der Waals surface area contributed by atoms with Crippen molar-refractivity contribution in [1.29, 1.82) is 0 Å². The van der Waals surface area contributed by atoms with Gasteiger partial charge in [-0.3, -0.25) is 0 Å². The molecule has 118 valence electrons. The van der Waals surface area contributed by atoms with Gasteiger partial charge in [0.05, 0.1) is 0 Å². The Labute approximate surface area is 130 Å². The third kappa shape index (κ3) is 5.01. The molecule has 1 fully saturated rings. The van der Waals surface area contributed by atoms with Gasteiger partial charge in [0, 0.05) is 25.3 Å². The molecule has 2 N–H and O–H groups in total. The predicted octanol–water partition coefficient (Wildman–Crippen LogP) is 2.74. The average Bonchev–Trinajstić information content (AvgIpc) is 2.50. The highest BCUT2D eigenvalue weighted by molar-refractivity contribution is 5.47. The van der Waals surface area contributed by atoms with E-state index < -0.39 is 0 Å². The number of hydrogen-bond donors (Lipinski definition) is 1. The van der Waals surface area contributed by atoms with Crippen molar-refractivity contribution in [3.05, 3.63) is 29.8 Å². The summed E-state index contributed by atoms with van der Waals surface area (Å²) < 4.78 is 0. The molecule has 2 rings (SSSR count). The van der Waals surface area contributed by atoms with Gasteiger partial charge in [-0.05, 0) is 69.4 Å². The highest BCUT2D eigenvalue weighted by atomic mass is 15.1. The molecule has 0 spiro atoms. The van der Waals surface area contributed by atoms with Crippen molar-refractivity contribution in [2.24, 2.45) is 11.7 Å². The van der Waals surface area contributed by atoms with Crippen LogP contribution in [0.4, 0.5) is 5.69 Å². The molecular formula is C18H31N3. The first-order valence-electron chi connectivity index (χ1n) is 8.32. The Morgan fingerprint density at radius 3 is 2.43 bits per heavy atom. The van der Waals surface area contributed by atoms with E-state index in [1.807, 2.05) is 0 Å². The largest absolute Gasteiger partial charge is 0.374 e. The molecule has 1 aromatic rings. The third-order valence-electron chi connectivity index (χ3n) is 4.77. The van der Waals surface area contributed by atoms with Crippen LogP contribution < -0.4 is 10.6 Å². The number of anilines is 1. The van der Waals surface area contributed by atoms with Crippen LogP contribution >= 0.6 is 0 Å². The quantitative estimate of drug-likeness (QED) is 0.874. The molecule has 1 aliphatic heterocycles. The summed E-state index contributed by atoms with van der Waals surface area (Å²) in [7, 11) is 4.44. The normalized spacial score (nSPS) is 18.7. The zero-order valence-corrected chi connectivity index (χ0v) is 13.9. The van der Waals surface area contributed by atoms with Crippen molar-refractivity contribution in [2.75, 3.05) is 38.6 Å². The topological polar surface area (TPSA) is 32.5 Å². The third-order valence-corrected chi connectivity index (χ3v) is 4.77. The van der Waals surface area contributed by atoms with Crippen molar-refractivity contribution in [2.45, 2.75) is 38.6 Å². The van der Waals surface area contributed by atoms with Crippen LogP contribution in [0, 0.1) is 5.92 Å². The average molecular weight is 289 g/mol. The van der Waals surface area contributed by atoms with E-state index in [4.69, 9.17) is 5.73 Å². The van der Waals surface area contributed by atoms with Crippen LogP contribution in [0.15, 0.2) is 24.3 Å². The van der Waals surface area contributed by atoms with E-state index in [2.05, 4.69) is 55.1 Å². The molecule has 1 aliphatic rings. The van der Waals surface area contributed by atoms with E-state index in [0.717, 1.165) is 18.8 Å². The molecule has 1 atom stereocenters. The van der Waals surface area contributed by atoms with Crippen LogP contribution in [0.3, 0.4) is 0 Å². The number of nitrogens with two attached hydrogens (primary N) is 1. The Balaban J connectivity index is 1.86. The lowest BCUT2D eigenvalue weighted by molar-refractivity contribution is 0.222. The van der Waals surface area contributed by atoms with Gasteiger partial charge >= 0.3 is 0 Å². The number of piperidine rings is 1. The van der Waals surface area contributed by atoms with Gasteiger partial charge in [0.15, 0.2) is 0 Å². The fraction of sp³-hybridized carbons (Fsp3) is 0.667. The summed E-state index contributed by atoms with van der Waals surface area (Å²) in [5, 5.41) is 0. The lowest BCUT2D eigenvalue weighted by Gasteiger charge is -2.32. The van der Waals surface area contributed by atoms with E-state index in [0.29, 0.717) is 0 Å². The Morgan fingerprint density at radius 1 is 1.24 bits per heavy atom. The van der Waals surface area contributed by atoms with Gasteiger partial charge in [0.25, 0.3) is 0 Å². The molecule has 1 heterocycles. The molecule has 1 unspecified atom stereocenters. The van der Waals surface area contributed by atoms with Crippen molar-refractivity contribution >= 4 is 5.69 Å². The van der Waals surface area contributed by atoms with Crippen molar-refractivity contribution in [3.8, 4) is 0 Å². The lowest BCUT2D eigenvalue weighted by atomic mass is 9.96. The summed E-state index contributed by atoms with van der Waals surface area (Å²) in [6.45, 7) is 5.80. The van der Waals surface area contributed by atoms with E-state index in [9.17, 15) is 0 Å². The van der Waals surface area contributed by atoms with Crippen LogP contribution in [0.2, 0.25) is 0 Å². The Kier molecular flexibility index (Phi) is 6.07. The number of benzene rings is 1. The monoisotopic (exact) mass is 289 g/mol. The fourth-order valence-corrected chi connectivity index (χ4v) is 3.07. The smallest absolute Gasteiger partial charge is 0.0363 e. The molecule has 3 nitrogen and oxygen atoms in total. The summed E-state index contributed by atoms with van der Waals surface area (Å²) in [4.78, 5) is 4.84. The molecule has 21 heavy (non-hydrogen) atoms.